The van der Waals surface area contributed by atoms with E-state index < -0.39 is 0 Å². The summed E-state index contributed by atoms with van der Waals surface area (Å²) in [7, 11) is 2.66. The minimum absolute atomic E-state index is 0. The minimum Gasteiger partial charge on any atom is -0.358 e. The third kappa shape index (κ3) is 5.64. The zero-order chi connectivity index (χ0) is 7.56. The molecule has 0 bridgehead atoms. The van der Waals surface area contributed by atoms with Crippen molar-refractivity contribution in [2.24, 2.45) is 5.92 Å². The Hall–Kier alpha value is 1.03. The number of Topliss-reactive ketones (excluding diaryl/α,β-unsaturated/α-hetero) is 1. The Morgan fingerprint density at radius 2 is 2.25 bits per heavy atom. The monoisotopic (exact) mass is 262 g/mol. The fourth-order valence-corrected chi connectivity index (χ4v) is 1.80. The van der Waals surface area contributed by atoms with Crippen LogP contribution in [-0.2, 0) is 37.5 Å². The fourth-order valence-electron chi connectivity index (χ4n) is 1.35. The van der Waals surface area contributed by atoms with Crippen LogP contribution in [0.3, 0.4) is 0 Å². The summed E-state index contributed by atoms with van der Waals surface area (Å²) in [5.41, 5.74) is 0. The van der Waals surface area contributed by atoms with Gasteiger partial charge in [0.15, 0.2) is 0 Å². The van der Waals surface area contributed by atoms with E-state index in [1.807, 2.05) is 0 Å². The Bertz CT molecular complexity index is 143. The van der Waals surface area contributed by atoms with Gasteiger partial charge in [0.25, 0.3) is 0 Å². The molecule has 0 spiro atoms. The summed E-state index contributed by atoms with van der Waals surface area (Å²) in [5.74, 6) is 0.632. The third-order valence-corrected chi connectivity index (χ3v) is 2.30. The Kier molecular flexibility index (Phi) is 9.61. The van der Waals surface area contributed by atoms with Crippen LogP contribution in [0.1, 0.15) is 12.8 Å². The van der Waals surface area contributed by atoms with Crippen molar-refractivity contribution in [3.63, 3.8) is 0 Å². The van der Waals surface area contributed by atoms with Gasteiger partial charge in [-0.25, -0.2) is 0 Å². The van der Waals surface area contributed by atoms with Crippen LogP contribution in [0.25, 0.3) is 0 Å². The number of hydrogen-bond donors (Lipinski definition) is 0. The van der Waals surface area contributed by atoms with Gasteiger partial charge < -0.3 is 19.1 Å². The molecule has 0 aromatic carbocycles. The van der Waals surface area contributed by atoms with E-state index in [9.17, 15) is 4.79 Å². The van der Waals surface area contributed by atoms with E-state index in [-0.39, 0.29) is 45.9 Å². The number of hydrogen-bond acceptors (Lipinski definition) is 2. The quantitative estimate of drug-likeness (QED) is 0.553. The molecule has 0 aromatic heterocycles. The smallest absolute Gasteiger partial charge is 0.00483 e. The Morgan fingerprint density at radius 3 is 2.58 bits per heavy atom. The van der Waals surface area contributed by atoms with Crippen LogP contribution in [0.5, 0.6) is 0 Å². The fraction of sp³-hybridized carbons (Fsp3) is 0.625. The van der Waals surface area contributed by atoms with Gasteiger partial charge in [0.2, 0.25) is 0 Å². The van der Waals surface area contributed by atoms with Crippen molar-refractivity contribution in [2.75, 3.05) is 13.1 Å². The van der Waals surface area contributed by atoms with Crippen molar-refractivity contribution < 1.29 is 37.5 Å². The SMILES string of the molecule is [CH2-]C(=O)CC1CCN(P)C1.[CH3-].[Y]. The first-order chi connectivity index (χ1) is 4.68. The van der Waals surface area contributed by atoms with Crippen molar-refractivity contribution in [3.05, 3.63) is 14.4 Å². The molecule has 69 valence electrons. The first-order valence-electron chi connectivity index (χ1n) is 3.53. The van der Waals surface area contributed by atoms with Crippen molar-refractivity contribution in [3.8, 4) is 0 Å². The molecule has 1 radical (unpaired) electrons. The molecule has 4 heteroatoms. The van der Waals surface area contributed by atoms with Gasteiger partial charge in [-0.05, 0) is 24.5 Å². The Morgan fingerprint density at radius 1 is 1.67 bits per heavy atom. The molecule has 0 saturated carbocycles. The average Bonchev–Trinajstić information content (AvgIpc) is 2.13. The molecule has 1 saturated heterocycles. The molecule has 2 nitrogen and oxygen atoms in total. The molecule has 0 aromatic rings. The maximum Gasteiger partial charge on any atom is 0.00483 e. The van der Waals surface area contributed by atoms with Gasteiger partial charge in [-0.1, -0.05) is 9.39 Å². The van der Waals surface area contributed by atoms with Gasteiger partial charge in [-0.2, -0.15) is 0 Å². The van der Waals surface area contributed by atoms with Crippen molar-refractivity contribution in [1.29, 1.82) is 0 Å². The third-order valence-electron chi connectivity index (χ3n) is 1.83. The second-order valence-corrected chi connectivity index (χ2v) is 3.62. The summed E-state index contributed by atoms with van der Waals surface area (Å²) in [5, 5.41) is 0. The molecule has 1 heterocycles. The van der Waals surface area contributed by atoms with Gasteiger partial charge >= 0.3 is 0 Å². The van der Waals surface area contributed by atoms with Crippen molar-refractivity contribution in [2.45, 2.75) is 12.8 Å². The minimum atomic E-state index is 0. The molecule has 1 aliphatic rings. The maximum atomic E-state index is 10.6. The van der Waals surface area contributed by atoms with Crippen LogP contribution in [0.15, 0.2) is 0 Å². The zero-order valence-corrected chi connectivity index (χ0v) is 11.6. The van der Waals surface area contributed by atoms with Crippen molar-refractivity contribution in [1.82, 2.24) is 4.67 Å². The predicted octanol–water partition coefficient (Wildman–Crippen LogP) is 1.34. The average molecular weight is 262 g/mol. The molecule has 0 amide bonds. The van der Waals surface area contributed by atoms with Gasteiger partial charge in [0, 0.05) is 45.8 Å². The summed E-state index contributed by atoms with van der Waals surface area (Å²) in [6, 6.07) is 0. The Balaban J connectivity index is 0. The van der Waals surface area contributed by atoms with Crippen LogP contribution >= 0.6 is 9.39 Å². The summed E-state index contributed by atoms with van der Waals surface area (Å²) in [4.78, 5) is 10.6. The Labute approximate surface area is 103 Å². The maximum absolute atomic E-state index is 10.6. The van der Waals surface area contributed by atoms with E-state index in [2.05, 4.69) is 21.0 Å². The normalized spacial score (nSPS) is 22.6. The molecular formula is C8H16NOPY-2. The standard InChI is InChI=1S/C7H13NOP.CH3.Y/c1-6(9)4-7-2-3-8(10)5-7;;/h7H,1-5,10H2;1H3;/q2*-1;. The first-order valence-corrected chi connectivity index (χ1v) is 4.04. The van der Waals surface area contributed by atoms with Crippen LogP contribution in [-0.4, -0.2) is 23.5 Å². The zero-order valence-electron chi connectivity index (χ0n) is 7.62. The van der Waals surface area contributed by atoms with Crippen LogP contribution in [0, 0.1) is 20.3 Å². The number of carbonyl (C=O) groups is 1. The van der Waals surface area contributed by atoms with Gasteiger partial charge in [0.05, 0.1) is 0 Å². The molecular weight excluding hydrogens is 246 g/mol. The summed E-state index contributed by atoms with van der Waals surface area (Å²) >= 11 is 0. The molecule has 2 unspecified atom stereocenters. The van der Waals surface area contributed by atoms with E-state index in [1.54, 1.807) is 0 Å². The van der Waals surface area contributed by atoms with Crippen LogP contribution in [0.2, 0.25) is 0 Å². The molecule has 2 atom stereocenters. The second kappa shape index (κ2) is 7.44. The van der Waals surface area contributed by atoms with Gasteiger partial charge in [0.1, 0.15) is 0 Å². The van der Waals surface area contributed by atoms with E-state index in [4.69, 9.17) is 0 Å². The topological polar surface area (TPSA) is 20.3 Å². The summed E-state index contributed by atoms with van der Waals surface area (Å²) < 4.78 is 2.17. The number of carbonyl (C=O) groups excluding carboxylic acids is 1. The number of nitrogens with zero attached hydrogens (tertiary/aromatic N) is 1. The molecule has 1 aliphatic heterocycles. The van der Waals surface area contributed by atoms with Gasteiger partial charge in [-0.15, -0.1) is 0 Å². The van der Waals surface area contributed by atoms with Crippen LogP contribution < -0.4 is 0 Å². The summed E-state index contributed by atoms with van der Waals surface area (Å²) in [6.07, 6.45) is 1.80. The second-order valence-electron chi connectivity index (χ2n) is 2.89. The largest absolute Gasteiger partial charge is 0.358 e. The van der Waals surface area contributed by atoms with E-state index in [0.29, 0.717) is 12.3 Å². The van der Waals surface area contributed by atoms with E-state index >= 15 is 0 Å². The predicted molar refractivity (Wildman–Crippen MR) is 50.8 cm³/mol. The van der Waals surface area contributed by atoms with Crippen LogP contribution in [0.4, 0.5) is 0 Å². The molecule has 1 rings (SSSR count). The number of rotatable bonds is 2. The first kappa shape index (κ1) is 15.5. The molecule has 1 fully saturated rings. The van der Waals surface area contributed by atoms with E-state index in [0.717, 1.165) is 19.5 Å². The summed E-state index contributed by atoms with van der Waals surface area (Å²) in [6.45, 7) is 5.50. The molecule has 0 N–H and O–H groups in total. The van der Waals surface area contributed by atoms with E-state index in [1.165, 1.54) is 0 Å². The van der Waals surface area contributed by atoms with Gasteiger partial charge in [-0.3, -0.25) is 4.67 Å². The number of ketones is 1. The molecule has 12 heavy (non-hydrogen) atoms. The van der Waals surface area contributed by atoms with Crippen molar-refractivity contribution >= 4 is 15.2 Å². The molecule has 0 aliphatic carbocycles.